The fourth-order valence-corrected chi connectivity index (χ4v) is 3.85. The van der Waals surface area contributed by atoms with E-state index in [1.54, 1.807) is 0 Å². The molecule has 0 aromatic heterocycles. The molecule has 0 bridgehead atoms. The molecule has 76 valence electrons. The van der Waals surface area contributed by atoms with Gasteiger partial charge in [-0.2, -0.15) is 11.8 Å². The van der Waals surface area contributed by atoms with E-state index in [2.05, 4.69) is 17.1 Å². The van der Waals surface area contributed by atoms with E-state index in [9.17, 15) is 0 Å². The van der Waals surface area contributed by atoms with Crippen LogP contribution in [0.3, 0.4) is 0 Å². The van der Waals surface area contributed by atoms with Crippen LogP contribution in [0.15, 0.2) is 0 Å². The first-order valence-corrected chi connectivity index (χ1v) is 6.91. The van der Waals surface area contributed by atoms with Crippen LogP contribution in [0.25, 0.3) is 0 Å². The molecular weight excluding hydrogens is 178 g/mol. The van der Waals surface area contributed by atoms with Gasteiger partial charge in [0.05, 0.1) is 0 Å². The zero-order chi connectivity index (χ0) is 8.93. The standard InChI is InChI=1S/C11H21NS/c1-2-10(3-7-12-6-1)11-4-8-13-9-5-11/h10-12H,1-9H2. The van der Waals surface area contributed by atoms with E-state index in [1.807, 2.05) is 0 Å². The highest BCUT2D eigenvalue weighted by Gasteiger charge is 2.23. The van der Waals surface area contributed by atoms with Gasteiger partial charge in [-0.15, -0.1) is 0 Å². The van der Waals surface area contributed by atoms with Crippen molar-refractivity contribution in [3.63, 3.8) is 0 Å². The smallest absolute Gasteiger partial charge is 0.00462 e. The Balaban J connectivity index is 1.82. The van der Waals surface area contributed by atoms with Crippen LogP contribution in [0.5, 0.6) is 0 Å². The second kappa shape index (κ2) is 5.26. The van der Waals surface area contributed by atoms with Crippen LogP contribution in [0, 0.1) is 11.8 Å². The van der Waals surface area contributed by atoms with Gasteiger partial charge in [0.15, 0.2) is 0 Å². The normalized spacial score (nSPS) is 32.8. The van der Waals surface area contributed by atoms with E-state index in [4.69, 9.17) is 0 Å². The maximum absolute atomic E-state index is 3.51. The van der Waals surface area contributed by atoms with E-state index in [0.29, 0.717) is 0 Å². The third kappa shape index (κ3) is 2.88. The summed E-state index contributed by atoms with van der Waals surface area (Å²) in [7, 11) is 0. The summed E-state index contributed by atoms with van der Waals surface area (Å²) in [5.41, 5.74) is 0. The summed E-state index contributed by atoms with van der Waals surface area (Å²) in [5.74, 6) is 4.97. The van der Waals surface area contributed by atoms with Gasteiger partial charge in [-0.25, -0.2) is 0 Å². The zero-order valence-electron chi connectivity index (χ0n) is 8.43. The quantitative estimate of drug-likeness (QED) is 0.696. The Kier molecular flexibility index (Phi) is 3.98. The molecule has 2 aliphatic rings. The third-order valence-corrected chi connectivity index (χ3v) is 4.60. The van der Waals surface area contributed by atoms with Crippen LogP contribution < -0.4 is 5.32 Å². The molecule has 0 radical (unpaired) electrons. The Morgan fingerprint density at radius 1 is 0.846 bits per heavy atom. The number of rotatable bonds is 1. The van der Waals surface area contributed by atoms with Crippen LogP contribution >= 0.6 is 11.8 Å². The van der Waals surface area contributed by atoms with Crippen molar-refractivity contribution in [2.24, 2.45) is 11.8 Å². The van der Waals surface area contributed by atoms with Gasteiger partial charge < -0.3 is 5.32 Å². The average Bonchev–Trinajstić information content (AvgIpc) is 2.47. The molecule has 2 saturated heterocycles. The Hall–Kier alpha value is 0.310. The number of thioether (sulfide) groups is 1. The van der Waals surface area contributed by atoms with Crippen molar-refractivity contribution in [3.05, 3.63) is 0 Å². The SMILES string of the molecule is C1CNCCC(C2CCSCC2)C1. The molecule has 0 spiro atoms. The summed E-state index contributed by atoms with van der Waals surface area (Å²) >= 11 is 2.15. The molecule has 0 aromatic carbocycles. The Morgan fingerprint density at radius 3 is 2.46 bits per heavy atom. The average molecular weight is 199 g/mol. The van der Waals surface area contributed by atoms with Crippen molar-refractivity contribution in [2.75, 3.05) is 24.6 Å². The molecule has 2 fully saturated rings. The molecule has 1 atom stereocenters. The largest absolute Gasteiger partial charge is 0.317 e. The third-order valence-electron chi connectivity index (χ3n) is 3.55. The monoisotopic (exact) mass is 199 g/mol. The van der Waals surface area contributed by atoms with Gasteiger partial charge in [-0.05, 0) is 68.5 Å². The molecular formula is C11H21NS. The summed E-state index contributed by atoms with van der Waals surface area (Å²) in [6.07, 6.45) is 7.33. The molecule has 0 saturated carbocycles. The highest BCUT2D eigenvalue weighted by Crippen LogP contribution is 2.33. The second-order valence-corrected chi connectivity index (χ2v) is 5.62. The van der Waals surface area contributed by atoms with Crippen molar-refractivity contribution in [2.45, 2.75) is 32.1 Å². The molecule has 2 heteroatoms. The van der Waals surface area contributed by atoms with Gasteiger partial charge in [0.1, 0.15) is 0 Å². The van der Waals surface area contributed by atoms with E-state index < -0.39 is 0 Å². The molecule has 13 heavy (non-hydrogen) atoms. The Labute approximate surface area is 86.0 Å². The minimum absolute atomic E-state index is 1.05. The summed E-state index contributed by atoms with van der Waals surface area (Å²) in [4.78, 5) is 0. The first-order valence-electron chi connectivity index (χ1n) is 5.75. The van der Waals surface area contributed by atoms with Crippen LogP contribution in [-0.2, 0) is 0 Å². The number of nitrogens with one attached hydrogen (secondary N) is 1. The van der Waals surface area contributed by atoms with Gasteiger partial charge in [0, 0.05) is 0 Å². The predicted molar refractivity (Wildman–Crippen MR) is 60.3 cm³/mol. The molecule has 1 unspecified atom stereocenters. The number of hydrogen-bond donors (Lipinski definition) is 1. The molecule has 1 N–H and O–H groups in total. The highest BCUT2D eigenvalue weighted by atomic mass is 32.2. The van der Waals surface area contributed by atoms with Crippen molar-refractivity contribution < 1.29 is 0 Å². The van der Waals surface area contributed by atoms with E-state index in [-0.39, 0.29) is 0 Å². The maximum Gasteiger partial charge on any atom is -0.00462 e. The molecule has 2 rings (SSSR count). The van der Waals surface area contributed by atoms with Crippen LogP contribution in [0.2, 0.25) is 0 Å². The minimum atomic E-state index is 1.05. The van der Waals surface area contributed by atoms with Gasteiger partial charge >= 0.3 is 0 Å². The minimum Gasteiger partial charge on any atom is -0.317 e. The lowest BCUT2D eigenvalue weighted by Gasteiger charge is -2.29. The topological polar surface area (TPSA) is 12.0 Å². The highest BCUT2D eigenvalue weighted by molar-refractivity contribution is 7.99. The first-order chi connectivity index (χ1) is 6.47. The van der Waals surface area contributed by atoms with Crippen molar-refractivity contribution >= 4 is 11.8 Å². The first kappa shape index (κ1) is 9.85. The lowest BCUT2D eigenvalue weighted by Crippen LogP contribution is -2.21. The van der Waals surface area contributed by atoms with Gasteiger partial charge in [0.25, 0.3) is 0 Å². The van der Waals surface area contributed by atoms with E-state index >= 15 is 0 Å². The van der Waals surface area contributed by atoms with E-state index in [1.165, 1.54) is 56.7 Å². The molecule has 0 aromatic rings. The van der Waals surface area contributed by atoms with Gasteiger partial charge in [-0.3, -0.25) is 0 Å². The Bertz CT molecular complexity index is 135. The zero-order valence-corrected chi connectivity index (χ0v) is 9.24. The van der Waals surface area contributed by atoms with Crippen LogP contribution in [0.4, 0.5) is 0 Å². The molecule has 2 heterocycles. The molecule has 0 aliphatic carbocycles. The second-order valence-electron chi connectivity index (χ2n) is 4.39. The van der Waals surface area contributed by atoms with Crippen LogP contribution in [-0.4, -0.2) is 24.6 Å². The summed E-state index contributed by atoms with van der Waals surface area (Å²) < 4.78 is 0. The fraction of sp³-hybridized carbons (Fsp3) is 1.00. The van der Waals surface area contributed by atoms with Crippen molar-refractivity contribution in [3.8, 4) is 0 Å². The molecule has 1 nitrogen and oxygen atoms in total. The summed E-state index contributed by atoms with van der Waals surface area (Å²) in [5, 5.41) is 3.51. The summed E-state index contributed by atoms with van der Waals surface area (Å²) in [6.45, 7) is 2.53. The lowest BCUT2D eigenvalue weighted by atomic mass is 9.83. The van der Waals surface area contributed by atoms with E-state index in [0.717, 1.165) is 11.8 Å². The summed E-state index contributed by atoms with van der Waals surface area (Å²) in [6, 6.07) is 0. The fourth-order valence-electron chi connectivity index (χ4n) is 2.70. The van der Waals surface area contributed by atoms with Crippen LogP contribution in [0.1, 0.15) is 32.1 Å². The van der Waals surface area contributed by atoms with Gasteiger partial charge in [-0.1, -0.05) is 0 Å². The van der Waals surface area contributed by atoms with Crippen molar-refractivity contribution in [1.82, 2.24) is 5.32 Å². The lowest BCUT2D eigenvalue weighted by molar-refractivity contribution is 0.286. The Morgan fingerprint density at radius 2 is 1.62 bits per heavy atom. The number of hydrogen-bond acceptors (Lipinski definition) is 2. The van der Waals surface area contributed by atoms with Gasteiger partial charge in [0.2, 0.25) is 0 Å². The maximum atomic E-state index is 3.51. The van der Waals surface area contributed by atoms with Crippen molar-refractivity contribution in [1.29, 1.82) is 0 Å². The predicted octanol–water partition coefficient (Wildman–Crippen LogP) is 2.52. The molecule has 2 aliphatic heterocycles. The molecule has 0 amide bonds.